The van der Waals surface area contributed by atoms with E-state index in [2.05, 4.69) is 10.2 Å². The summed E-state index contributed by atoms with van der Waals surface area (Å²) in [6.07, 6.45) is 1.36. The molecule has 164 valence electrons. The number of Topliss-reactive ketones (excluding diaryl/α,β-unsaturated/α-hetero) is 1. The van der Waals surface area contributed by atoms with E-state index in [-0.39, 0.29) is 17.8 Å². The lowest BCUT2D eigenvalue weighted by atomic mass is 10.1. The van der Waals surface area contributed by atoms with Gasteiger partial charge in [-0.05, 0) is 41.8 Å². The van der Waals surface area contributed by atoms with Gasteiger partial charge < -0.3 is 10.1 Å². The molecule has 0 bridgehead atoms. The van der Waals surface area contributed by atoms with E-state index in [1.54, 1.807) is 0 Å². The topological polar surface area (TPSA) is 58.6 Å². The summed E-state index contributed by atoms with van der Waals surface area (Å²) in [6.45, 7) is 3.43. The highest BCUT2D eigenvalue weighted by Crippen LogP contribution is 2.27. The number of carbonyl (C=O) groups is 2. The summed E-state index contributed by atoms with van der Waals surface area (Å²) in [5, 5.41) is 4.08. The molecule has 1 unspecified atom stereocenters. The van der Waals surface area contributed by atoms with Crippen LogP contribution in [0.3, 0.4) is 0 Å². The Morgan fingerprint density at radius 2 is 2.03 bits per heavy atom. The monoisotopic (exact) mass is 478 g/mol. The predicted molar refractivity (Wildman–Crippen MR) is 124 cm³/mol. The van der Waals surface area contributed by atoms with E-state index < -0.39 is 0 Å². The lowest BCUT2D eigenvalue weighted by molar-refractivity contribution is -0.119. The molecule has 1 N–H and O–H groups in total. The van der Waals surface area contributed by atoms with E-state index in [0.29, 0.717) is 35.4 Å². The first-order valence-electron chi connectivity index (χ1n) is 10.3. The Kier molecular flexibility index (Phi) is 7.56. The quantitative estimate of drug-likeness (QED) is 0.603. The number of amides is 1. The SMILES string of the molecule is O=C(CSc1ccc2c(c1)C(=O)CC2)NCC1CN(Cc2ccc(Cl)c(Cl)c2)CCO1. The maximum absolute atomic E-state index is 12.3. The summed E-state index contributed by atoms with van der Waals surface area (Å²) in [6, 6.07) is 11.6. The van der Waals surface area contributed by atoms with Gasteiger partial charge in [0.1, 0.15) is 0 Å². The second-order valence-electron chi connectivity index (χ2n) is 7.81. The highest BCUT2D eigenvalue weighted by Gasteiger charge is 2.22. The molecule has 2 aliphatic rings. The molecule has 5 nitrogen and oxygen atoms in total. The van der Waals surface area contributed by atoms with E-state index in [1.165, 1.54) is 11.8 Å². The third-order valence-corrected chi connectivity index (χ3v) is 7.25. The molecule has 0 spiro atoms. The van der Waals surface area contributed by atoms with Crippen molar-refractivity contribution in [2.75, 3.05) is 32.0 Å². The number of fused-ring (bicyclic) bond motifs is 1. The molecule has 31 heavy (non-hydrogen) atoms. The highest BCUT2D eigenvalue weighted by molar-refractivity contribution is 8.00. The maximum Gasteiger partial charge on any atom is 0.230 e. The number of thioether (sulfide) groups is 1. The summed E-state index contributed by atoms with van der Waals surface area (Å²) < 4.78 is 5.82. The molecule has 2 aromatic rings. The van der Waals surface area contributed by atoms with Crippen LogP contribution in [0.2, 0.25) is 10.0 Å². The van der Waals surface area contributed by atoms with Crippen molar-refractivity contribution in [3.63, 3.8) is 0 Å². The Morgan fingerprint density at radius 3 is 2.87 bits per heavy atom. The van der Waals surface area contributed by atoms with Crippen LogP contribution < -0.4 is 5.32 Å². The molecular weight excluding hydrogens is 455 g/mol. The number of morpholine rings is 1. The van der Waals surface area contributed by atoms with E-state index in [9.17, 15) is 9.59 Å². The number of benzene rings is 2. The second kappa shape index (κ2) is 10.4. The van der Waals surface area contributed by atoms with Crippen molar-refractivity contribution in [1.29, 1.82) is 0 Å². The Bertz CT molecular complexity index is 985. The van der Waals surface area contributed by atoms with Gasteiger partial charge in [0.25, 0.3) is 0 Å². The molecule has 4 rings (SSSR count). The van der Waals surface area contributed by atoms with Gasteiger partial charge in [-0.3, -0.25) is 14.5 Å². The summed E-state index contributed by atoms with van der Waals surface area (Å²) in [4.78, 5) is 27.4. The van der Waals surface area contributed by atoms with E-state index in [4.69, 9.17) is 27.9 Å². The van der Waals surface area contributed by atoms with Crippen LogP contribution in [-0.2, 0) is 22.5 Å². The lowest BCUT2D eigenvalue weighted by Gasteiger charge is -2.33. The van der Waals surface area contributed by atoms with Crippen molar-refractivity contribution in [1.82, 2.24) is 10.2 Å². The molecule has 1 saturated heterocycles. The van der Waals surface area contributed by atoms with Gasteiger partial charge in [-0.1, -0.05) is 35.3 Å². The zero-order valence-electron chi connectivity index (χ0n) is 17.0. The molecule has 0 radical (unpaired) electrons. The fourth-order valence-electron chi connectivity index (χ4n) is 3.88. The minimum absolute atomic E-state index is 0.0398. The number of rotatable bonds is 7. The first-order chi connectivity index (χ1) is 15.0. The van der Waals surface area contributed by atoms with Gasteiger partial charge in [-0.15, -0.1) is 11.8 Å². The molecule has 8 heteroatoms. The van der Waals surface area contributed by atoms with Crippen LogP contribution in [0.15, 0.2) is 41.3 Å². The van der Waals surface area contributed by atoms with Crippen LogP contribution in [0.4, 0.5) is 0 Å². The Morgan fingerprint density at radius 1 is 1.16 bits per heavy atom. The fourth-order valence-corrected chi connectivity index (χ4v) is 4.96. The number of aryl methyl sites for hydroxylation is 1. The molecule has 1 amide bonds. The first-order valence-corrected chi connectivity index (χ1v) is 12.1. The summed E-state index contributed by atoms with van der Waals surface area (Å²) in [5.74, 6) is 0.468. The number of hydrogen-bond acceptors (Lipinski definition) is 5. The minimum Gasteiger partial charge on any atom is -0.374 e. The van der Waals surface area contributed by atoms with Gasteiger partial charge in [-0.25, -0.2) is 0 Å². The molecule has 0 saturated carbocycles. The van der Waals surface area contributed by atoms with E-state index >= 15 is 0 Å². The zero-order chi connectivity index (χ0) is 21.8. The maximum atomic E-state index is 12.3. The molecular formula is C23H24Cl2N2O3S. The molecule has 2 aromatic carbocycles. The van der Waals surface area contributed by atoms with Crippen molar-refractivity contribution >= 4 is 46.7 Å². The van der Waals surface area contributed by atoms with Crippen molar-refractivity contribution in [3.05, 3.63) is 63.1 Å². The first kappa shape index (κ1) is 22.6. The van der Waals surface area contributed by atoms with E-state index in [1.807, 2.05) is 36.4 Å². The largest absolute Gasteiger partial charge is 0.374 e. The van der Waals surface area contributed by atoms with Gasteiger partial charge in [0.2, 0.25) is 5.91 Å². The van der Waals surface area contributed by atoms with Crippen LogP contribution in [0.25, 0.3) is 0 Å². The molecule has 0 aromatic heterocycles. The normalized spacial score (nSPS) is 18.8. The lowest BCUT2D eigenvalue weighted by Crippen LogP contribution is -2.47. The number of ether oxygens (including phenoxy) is 1. The summed E-state index contributed by atoms with van der Waals surface area (Å²) in [7, 11) is 0. The molecule has 1 fully saturated rings. The smallest absolute Gasteiger partial charge is 0.230 e. The average Bonchev–Trinajstić information content (AvgIpc) is 3.14. The minimum atomic E-state index is -0.0527. The molecule has 1 atom stereocenters. The number of carbonyl (C=O) groups excluding carboxylic acids is 2. The Hall–Kier alpha value is -1.57. The number of halogens is 2. The van der Waals surface area contributed by atoms with Crippen LogP contribution in [0, 0.1) is 0 Å². The zero-order valence-corrected chi connectivity index (χ0v) is 19.4. The predicted octanol–water partition coefficient (Wildman–Crippen LogP) is 4.23. The fraction of sp³-hybridized carbons (Fsp3) is 0.391. The Balaban J connectivity index is 1.21. The van der Waals surface area contributed by atoms with Gasteiger partial charge in [0.05, 0.1) is 28.5 Å². The van der Waals surface area contributed by atoms with Crippen LogP contribution in [0.5, 0.6) is 0 Å². The third kappa shape index (κ3) is 6.02. The van der Waals surface area contributed by atoms with Gasteiger partial charge in [0.15, 0.2) is 5.78 Å². The third-order valence-electron chi connectivity index (χ3n) is 5.51. The van der Waals surface area contributed by atoms with Crippen molar-refractivity contribution in [2.24, 2.45) is 0 Å². The number of ketones is 1. The van der Waals surface area contributed by atoms with Gasteiger partial charge in [-0.2, -0.15) is 0 Å². The summed E-state index contributed by atoms with van der Waals surface area (Å²) in [5.41, 5.74) is 3.02. The Labute approximate surface area is 196 Å². The van der Waals surface area contributed by atoms with Crippen molar-refractivity contribution < 1.29 is 14.3 Å². The van der Waals surface area contributed by atoms with Gasteiger partial charge >= 0.3 is 0 Å². The van der Waals surface area contributed by atoms with E-state index in [0.717, 1.165) is 47.6 Å². The highest BCUT2D eigenvalue weighted by atomic mass is 35.5. The van der Waals surface area contributed by atoms with Crippen LogP contribution in [0.1, 0.15) is 27.9 Å². The van der Waals surface area contributed by atoms with Crippen LogP contribution in [-0.4, -0.2) is 54.7 Å². The van der Waals surface area contributed by atoms with Crippen LogP contribution >= 0.6 is 35.0 Å². The number of hydrogen-bond donors (Lipinski definition) is 1. The standard InChI is InChI=1S/C23H24Cl2N2O3S/c24-20-5-1-15(9-21(20)25)12-27-7-8-30-17(13-27)11-26-23(29)14-31-18-4-2-16-3-6-22(28)19(16)10-18/h1-2,4-5,9-10,17H,3,6-8,11-14H2,(H,26,29). The molecule has 1 aliphatic carbocycles. The van der Waals surface area contributed by atoms with Gasteiger partial charge in [0, 0.05) is 43.1 Å². The van der Waals surface area contributed by atoms with Crippen molar-refractivity contribution in [2.45, 2.75) is 30.4 Å². The average molecular weight is 479 g/mol. The van der Waals surface area contributed by atoms with Crippen molar-refractivity contribution in [3.8, 4) is 0 Å². The second-order valence-corrected chi connectivity index (χ2v) is 9.67. The summed E-state index contributed by atoms with van der Waals surface area (Å²) >= 11 is 13.6. The number of nitrogens with one attached hydrogen (secondary N) is 1. The molecule has 1 heterocycles. The molecule has 1 aliphatic heterocycles. The number of nitrogens with zero attached hydrogens (tertiary/aromatic N) is 1.